The molecule has 0 aliphatic heterocycles. The van der Waals surface area contributed by atoms with E-state index in [0.29, 0.717) is 16.5 Å². The van der Waals surface area contributed by atoms with Crippen molar-refractivity contribution in [2.45, 2.75) is 6.42 Å². The number of amides is 1. The maximum Gasteiger partial charge on any atom is 0.230 e. The van der Waals surface area contributed by atoms with Crippen LogP contribution < -0.4 is 10.0 Å². The number of aromatic nitrogens is 1. The van der Waals surface area contributed by atoms with E-state index in [1.807, 2.05) is 29.6 Å². The average Bonchev–Trinajstić information content (AvgIpc) is 3.04. The van der Waals surface area contributed by atoms with E-state index in [4.69, 9.17) is 0 Å². The summed E-state index contributed by atoms with van der Waals surface area (Å²) in [6.07, 6.45) is 1.37. The molecule has 3 rings (SSSR count). The summed E-state index contributed by atoms with van der Waals surface area (Å²) in [5.74, 6) is -0.133. The molecular weight excluding hydrogens is 450 g/mol. The molecule has 9 heteroatoms. The highest BCUT2D eigenvalue weighted by atomic mass is 79.9. The van der Waals surface area contributed by atoms with Gasteiger partial charge in [-0.3, -0.25) is 9.52 Å². The van der Waals surface area contributed by atoms with Crippen LogP contribution in [0.3, 0.4) is 0 Å². The zero-order valence-corrected chi connectivity index (χ0v) is 17.5. The van der Waals surface area contributed by atoms with Crippen molar-refractivity contribution < 1.29 is 13.2 Å². The Morgan fingerprint density at radius 3 is 2.41 bits per heavy atom. The Bertz CT molecular complexity index is 1050. The van der Waals surface area contributed by atoms with Crippen molar-refractivity contribution in [3.8, 4) is 11.3 Å². The first-order chi connectivity index (χ1) is 12.8. The Balaban J connectivity index is 1.64. The van der Waals surface area contributed by atoms with Crippen LogP contribution in [0, 0.1) is 0 Å². The molecule has 0 atom stereocenters. The molecule has 1 aromatic heterocycles. The molecule has 0 spiro atoms. The second-order valence-corrected chi connectivity index (χ2v) is 9.36. The Labute approximate surface area is 169 Å². The second kappa shape index (κ2) is 8.20. The first-order valence-corrected chi connectivity index (χ1v) is 11.4. The lowest BCUT2D eigenvalue weighted by Gasteiger charge is -2.04. The quantitative estimate of drug-likeness (QED) is 0.572. The predicted octanol–water partition coefficient (Wildman–Crippen LogP) is 4.13. The minimum atomic E-state index is -3.31. The summed E-state index contributed by atoms with van der Waals surface area (Å²) in [6, 6.07) is 14.5. The monoisotopic (exact) mass is 465 g/mol. The number of sulfonamides is 1. The molecule has 0 unspecified atom stereocenters. The van der Waals surface area contributed by atoms with Crippen LogP contribution in [0.4, 0.5) is 10.8 Å². The summed E-state index contributed by atoms with van der Waals surface area (Å²) in [6.45, 7) is 0. The fraction of sp³-hybridized carbons (Fsp3) is 0.111. The van der Waals surface area contributed by atoms with Crippen LogP contribution in [0.5, 0.6) is 0 Å². The van der Waals surface area contributed by atoms with E-state index in [9.17, 15) is 13.2 Å². The number of anilines is 2. The minimum Gasteiger partial charge on any atom is -0.302 e. The van der Waals surface area contributed by atoms with Crippen molar-refractivity contribution in [3.05, 3.63) is 63.9 Å². The van der Waals surface area contributed by atoms with Gasteiger partial charge in [-0.1, -0.05) is 40.2 Å². The third kappa shape index (κ3) is 5.88. The van der Waals surface area contributed by atoms with Gasteiger partial charge in [-0.25, -0.2) is 13.4 Å². The van der Waals surface area contributed by atoms with E-state index in [1.165, 1.54) is 11.3 Å². The van der Waals surface area contributed by atoms with Gasteiger partial charge in [0, 0.05) is 21.1 Å². The summed E-state index contributed by atoms with van der Waals surface area (Å²) in [5, 5.41) is 5.16. The van der Waals surface area contributed by atoms with E-state index >= 15 is 0 Å². The molecule has 2 N–H and O–H groups in total. The highest BCUT2D eigenvalue weighted by Gasteiger charge is 2.09. The summed E-state index contributed by atoms with van der Waals surface area (Å²) in [4.78, 5) is 16.6. The van der Waals surface area contributed by atoms with Gasteiger partial charge < -0.3 is 5.32 Å². The van der Waals surface area contributed by atoms with Gasteiger partial charge in [-0.05, 0) is 29.8 Å². The van der Waals surface area contributed by atoms with Crippen LogP contribution in [0.2, 0.25) is 0 Å². The van der Waals surface area contributed by atoms with Crippen molar-refractivity contribution in [2.75, 3.05) is 16.3 Å². The van der Waals surface area contributed by atoms with Gasteiger partial charge in [0.25, 0.3) is 0 Å². The van der Waals surface area contributed by atoms with Crippen molar-refractivity contribution in [2.24, 2.45) is 0 Å². The Hall–Kier alpha value is -2.23. The molecule has 140 valence electrons. The minimum absolute atomic E-state index is 0.133. The number of carbonyl (C=O) groups excluding carboxylic acids is 1. The molecule has 0 saturated heterocycles. The van der Waals surface area contributed by atoms with Gasteiger partial charge in [0.15, 0.2) is 5.13 Å². The zero-order chi connectivity index (χ0) is 19.4. The fourth-order valence-electron chi connectivity index (χ4n) is 2.34. The first-order valence-electron chi connectivity index (χ1n) is 7.86. The van der Waals surface area contributed by atoms with E-state index in [-0.39, 0.29) is 12.3 Å². The summed E-state index contributed by atoms with van der Waals surface area (Å²) >= 11 is 4.70. The van der Waals surface area contributed by atoms with Crippen LogP contribution >= 0.6 is 27.3 Å². The van der Waals surface area contributed by atoms with E-state index in [1.54, 1.807) is 24.3 Å². The molecule has 0 bridgehead atoms. The van der Waals surface area contributed by atoms with Crippen LogP contribution in [0.1, 0.15) is 5.56 Å². The molecular formula is C18H16BrN3O3S2. The topological polar surface area (TPSA) is 88.2 Å². The highest BCUT2D eigenvalue weighted by molar-refractivity contribution is 9.10. The average molecular weight is 466 g/mol. The number of hydrogen-bond acceptors (Lipinski definition) is 5. The summed E-state index contributed by atoms with van der Waals surface area (Å²) < 4.78 is 25.9. The number of rotatable bonds is 6. The van der Waals surface area contributed by atoms with Crippen molar-refractivity contribution in [3.63, 3.8) is 0 Å². The van der Waals surface area contributed by atoms with E-state index in [0.717, 1.165) is 21.9 Å². The number of halogens is 1. The van der Waals surface area contributed by atoms with Gasteiger partial charge in [-0.15, -0.1) is 11.3 Å². The molecule has 1 amide bonds. The molecule has 0 aliphatic rings. The van der Waals surface area contributed by atoms with Gasteiger partial charge in [0.1, 0.15) is 0 Å². The number of hydrogen-bond donors (Lipinski definition) is 2. The Morgan fingerprint density at radius 1 is 1.11 bits per heavy atom. The lowest BCUT2D eigenvalue weighted by molar-refractivity contribution is -0.115. The van der Waals surface area contributed by atoms with Crippen LogP contribution in [0.15, 0.2) is 58.4 Å². The molecule has 27 heavy (non-hydrogen) atoms. The lowest BCUT2D eigenvalue weighted by Crippen LogP contribution is -2.14. The predicted molar refractivity (Wildman–Crippen MR) is 112 cm³/mol. The lowest BCUT2D eigenvalue weighted by atomic mass is 10.1. The van der Waals surface area contributed by atoms with Gasteiger partial charge in [-0.2, -0.15) is 0 Å². The SMILES string of the molecule is CS(=O)(=O)Nc1ccc(-c2csc(NC(=O)Cc3ccc(Br)cc3)n2)cc1. The van der Waals surface area contributed by atoms with Crippen molar-refractivity contribution in [1.29, 1.82) is 0 Å². The summed E-state index contributed by atoms with van der Waals surface area (Å²) in [5.41, 5.74) is 2.95. The molecule has 2 aromatic carbocycles. The van der Waals surface area contributed by atoms with Crippen LogP contribution in [-0.2, 0) is 21.2 Å². The van der Waals surface area contributed by atoms with Gasteiger partial charge >= 0.3 is 0 Å². The molecule has 0 radical (unpaired) electrons. The van der Waals surface area contributed by atoms with Crippen molar-refractivity contribution >= 4 is 54.0 Å². The molecule has 0 fully saturated rings. The normalized spacial score (nSPS) is 11.2. The second-order valence-electron chi connectivity index (χ2n) is 5.84. The van der Waals surface area contributed by atoms with Crippen LogP contribution in [-0.4, -0.2) is 25.6 Å². The Morgan fingerprint density at radius 2 is 1.78 bits per heavy atom. The zero-order valence-electron chi connectivity index (χ0n) is 14.3. The largest absolute Gasteiger partial charge is 0.302 e. The van der Waals surface area contributed by atoms with E-state index in [2.05, 4.69) is 31.0 Å². The molecule has 6 nitrogen and oxygen atoms in total. The third-order valence-corrected chi connectivity index (χ3v) is 5.41. The van der Waals surface area contributed by atoms with E-state index < -0.39 is 10.0 Å². The highest BCUT2D eigenvalue weighted by Crippen LogP contribution is 2.26. The molecule has 0 saturated carbocycles. The van der Waals surface area contributed by atoms with Crippen LogP contribution in [0.25, 0.3) is 11.3 Å². The maximum absolute atomic E-state index is 12.2. The van der Waals surface area contributed by atoms with Gasteiger partial charge in [0.2, 0.25) is 15.9 Å². The number of nitrogens with zero attached hydrogens (tertiary/aromatic N) is 1. The molecule has 0 aliphatic carbocycles. The van der Waals surface area contributed by atoms with Gasteiger partial charge in [0.05, 0.1) is 18.4 Å². The fourth-order valence-corrected chi connectivity index (χ4v) is 3.90. The molecule has 3 aromatic rings. The number of nitrogens with one attached hydrogen (secondary N) is 2. The smallest absolute Gasteiger partial charge is 0.230 e. The number of carbonyl (C=O) groups is 1. The third-order valence-electron chi connectivity index (χ3n) is 3.51. The van der Waals surface area contributed by atoms with Crippen molar-refractivity contribution in [1.82, 2.24) is 4.98 Å². The molecule has 1 heterocycles. The Kier molecular flexibility index (Phi) is 5.93. The first kappa shape index (κ1) is 19.5. The summed E-state index contributed by atoms with van der Waals surface area (Å²) in [7, 11) is -3.31. The standard InChI is InChI=1S/C18H16BrN3O3S2/c1-27(24,25)22-15-8-4-13(5-9-15)16-11-26-18(20-16)21-17(23)10-12-2-6-14(19)7-3-12/h2-9,11,22H,10H2,1H3,(H,20,21,23). The number of benzene rings is 2. The maximum atomic E-state index is 12.2. The number of thiazole rings is 1.